The van der Waals surface area contributed by atoms with Crippen molar-refractivity contribution in [3.05, 3.63) is 29.8 Å². The number of hydrogen-bond donors (Lipinski definition) is 1. The molecular weight excluding hydrogens is 386 g/mol. The highest BCUT2D eigenvalue weighted by molar-refractivity contribution is 7.97. The van der Waals surface area contributed by atoms with E-state index in [9.17, 15) is 9.00 Å². The van der Waals surface area contributed by atoms with Crippen molar-refractivity contribution in [2.45, 2.75) is 56.2 Å². The SMILES string of the molecule is C=S(C)(=O)N[C@H]1CCN2C(=O)CN(C)c3ccccc3C3CCC(CC3)OC[C@@H]12. The van der Waals surface area contributed by atoms with E-state index in [2.05, 4.69) is 39.8 Å². The molecule has 0 spiro atoms. The first-order valence-electron chi connectivity index (χ1n) is 10.6. The van der Waals surface area contributed by atoms with Crippen molar-refractivity contribution >= 4 is 27.2 Å². The molecule has 2 bridgehead atoms. The van der Waals surface area contributed by atoms with Crippen LogP contribution in [0.25, 0.3) is 0 Å². The Morgan fingerprint density at radius 3 is 2.62 bits per heavy atom. The van der Waals surface area contributed by atoms with Gasteiger partial charge in [-0.3, -0.25) is 9.00 Å². The number of ether oxygens (including phenoxy) is 1. The Morgan fingerprint density at radius 2 is 1.90 bits per heavy atom. The molecule has 1 aromatic carbocycles. The molecule has 1 aromatic rings. The maximum absolute atomic E-state index is 13.2. The highest BCUT2D eigenvalue weighted by atomic mass is 32.2. The average molecular weight is 420 g/mol. The predicted octanol–water partition coefficient (Wildman–Crippen LogP) is 2.00. The molecule has 160 valence electrons. The van der Waals surface area contributed by atoms with Gasteiger partial charge in [-0.25, -0.2) is 4.72 Å². The summed E-state index contributed by atoms with van der Waals surface area (Å²) in [6.45, 7) is 1.48. The highest BCUT2D eigenvalue weighted by Gasteiger charge is 2.39. The molecule has 29 heavy (non-hydrogen) atoms. The molecule has 7 heteroatoms. The molecule has 4 aliphatic rings. The Hall–Kier alpha value is -1.57. The number of carbonyl (C=O) groups excluding carboxylic acids is 1. The average Bonchev–Trinajstić information content (AvgIpc) is 3.07. The van der Waals surface area contributed by atoms with Crippen LogP contribution in [-0.4, -0.2) is 72.1 Å². The molecule has 3 aliphatic heterocycles. The smallest absolute Gasteiger partial charge is 0.242 e. The van der Waals surface area contributed by atoms with Crippen molar-refractivity contribution in [1.82, 2.24) is 9.62 Å². The van der Waals surface area contributed by atoms with Crippen LogP contribution in [0.4, 0.5) is 5.69 Å². The van der Waals surface area contributed by atoms with E-state index < -0.39 is 9.71 Å². The van der Waals surface area contributed by atoms with Gasteiger partial charge in [-0.1, -0.05) is 18.2 Å². The van der Waals surface area contributed by atoms with Gasteiger partial charge in [0.15, 0.2) is 0 Å². The van der Waals surface area contributed by atoms with E-state index in [4.69, 9.17) is 4.74 Å². The number of nitrogens with one attached hydrogen (secondary N) is 1. The Balaban J connectivity index is 1.63. The molecule has 1 saturated carbocycles. The standard InChI is InChI=1S/C22H33N3O3S/c1-24-14-22(26)25-13-12-19(23-29(2,3)27)21(25)15-28-17-10-8-16(9-11-17)18-6-4-5-7-20(18)24/h4-7,16-17,19,21H,2,8-15H2,1,3H3,(H,23,27)/t16?,17?,19-,21-,29?/m0/s1. The number of likely N-dealkylation sites (N-methyl/N-ethyl adjacent to an activating group) is 1. The lowest BCUT2D eigenvalue weighted by Crippen LogP contribution is -2.51. The van der Waals surface area contributed by atoms with E-state index in [1.807, 2.05) is 11.9 Å². The summed E-state index contributed by atoms with van der Waals surface area (Å²) >= 11 is 0. The van der Waals surface area contributed by atoms with Gasteiger partial charge in [-0.05, 0) is 55.5 Å². The molecule has 1 N–H and O–H groups in total. The lowest BCUT2D eigenvalue weighted by molar-refractivity contribution is -0.132. The predicted molar refractivity (Wildman–Crippen MR) is 119 cm³/mol. The number of amides is 1. The lowest BCUT2D eigenvalue weighted by atomic mass is 9.82. The van der Waals surface area contributed by atoms with Crippen molar-refractivity contribution in [1.29, 1.82) is 0 Å². The fourth-order valence-electron chi connectivity index (χ4n) is 5.16. The molecule has 0 aromatic heterocycles. The van der Waals surface area contributed by atoms with Gasteiger partial charge in [-0.15, -0.1) is 0 Å². The molecule has 0 radical (unpaired) electrons. The number of carbonyl (C=O) groups is 1. The van der Waals surface area contributed by atoms with Crippen LogP contribution in [0.2, 0.25) is 0 Å². The normalized spacial score (nSPS) is 32.6. The maximum Gasteiger partial charge on any atom is 0.242 e. The topological polar surface area (TPSA) is 61.9 Å². The summed E-state index contributed by atoms with van der Waals surface area (Å²) in [4.78, 5) is 17.2. The van der Waals surface area contributed by atoms with Gasteiger partial charge >= 0.3 is 0 Å². The molecule has 1 saturated heterocycles. The Kier molecular flexibility index (Phi) is 5.91. The van der Waals surface area contributed by atoms with Crippen LogP contribution in [0.3, 0.4) is 0 Å². The summed E-state index contributed by atoms with van der Waals surface area (Å²) in [5, 5.41) is 0. The fraction of sp³-hybridized carbons (Fsp3) is 0.636. The second-order valence-corrected chi connectivity index (χ2v) is 11.1. The zero-order valence-electron chi connectivity index (χ0n) is 17.5. The quantitative estimate of drug-likeness (QED) is 0.745. The molecule has 5 rings (SSSR count). The largest absolute Gasteiger partial charge is 0.376 e. The van der Waals surface area contributed by atoms with E-state index in [1.165, 1.54) is 5.56 Å². The molecule has 2 fully saturated rings. The first-order chi connectivity index (χ1) is 13.8. The molecule has 3 heterocycles. The summed E-state index contributed by atoms with van der Waals surface area (Å²) in [5.41, 5.74) is 2.50. The summed E-state index contributed by atoms with van der Waals surface area (Å²) in [6.07, 6.45) is 6.93. The maximum atomic E-state index is 13.2. The molecule has 1 unspecified atom stereocenters. The van der Waals surface area contributed by atoms with Crippen LogP contribution in [0, 0.1) is 0 Å². The van der Waals surface area contributed by atoms with Gasteiger partial charge in [0.2, 0.25) is 5.91 Å². The van der Waals surface area contributed by atoms with Crippen LogP contribution in [0.15, 0.2) is 24.3 Å². The third kappa shape index (κ3) is 4.62. The molecular formula is C22H33N3O3S. The van der Waals surface area contributed by atoms with E-state index in [0.29, 0.717) is 25.6 Å². The van der Waals surface area contributed by atoms with Crippen molar-refractivity contribution in [3.8, 4) is 0 Å². The van der Waals surface area contributed by atoms with Crippen molar-refractivity contribution < 1.29 is 13.7 Å². The summed E-state index contributed by atoms with van der Waals surface area (Å²) in [7, 11) is -0.340. The fourth-order valence-corrected chi connectivity index (χ4v) is 6.08. The minimum atomic E-state index is -2.35. The van der Waals surface area contributed by atoms with E-state index in [1.54, 1.807) is 6.26 Å². The van der Waals surface area contributed by atoms with Gasteiger partial charge in [0, 0.05) is 41.3 Å². The Morgan fingerprint density at radius 1 is 1.17 bits per heavy atom. The highest BCUT2D eigenvalue weighted by Crippen LogP contribution is 2.39. The summed E-state index contributed by atoms with van der Waals surface area (Å²) < 4.78 is 21.7. The van der Waals surface area contributed by atoms with Crippen LogP contribution < -0.4 is 9.62 Å². The number of anilines is 1. The zero-order chi connectivity index (χ0) is 20.6. The zero-order valence-corrected chi connectivity index (χ0v) is 18.3. The van der Waals surface area contributed by atoms with Gasteiger partial charge in [0.25, 0.3) is 0 Å². The number of para-hydroxylation sites is 1. The van der Waals surface area contributed by atoms with Crippen molar-refractivity contribution in [2.24, 2.45) is 0 Å². The number of benzene rings is 1. The number of fused-ring (bicyclic) bond motifs is 5. The van der Waals surface area contributed by atoms with Crippen molar-refractivity contribution in [2.75, 3.05) is 37.9 Å². The number of rotatable bonds is 2. The summed E-state index contributed by atoms with van der Waals surface area (Å²) in [6, 6.07) is 8.35. The monoisotopic (exact) mass is 419 g/mol. The second-order valence-electron chi connectivity index (χ2n) is 8.89. The van der Waals surface area contributed by atoms with Crippen LogP contribution in [0.1, 0.15) is 43.6 Å². The van der Waals surface area contributed by atoms with Crippen LogP contribution >= 0.6 is 0 Å². The van der Waals surface area contributed by atoms with Gasteiger partial charge < -0.3 is 14.5 Å². The molecule has 6 nitrogen and oxygen atoms in total. The first kappa shape index (κ1) is 20.7. The second kappa shape index (κ2) is 8.28. The first-order valence-corrected chi connectivity index (χ1v) is 12.8. The molecule has 1 aliphatic carbocycles. The lowest BCUT2D eigenvalue weighted by Gasteiger charge is -2.32. The summed E-state index contributed by atoms with van der Waals surface area (Å²) in [5.74, 6) is 4.36. The van der Waals surface area contributed by atoms with Crippen LogP contribution in [-0.2, 0) is 19.2 Å². The minimum absolute atomic E-state index is 0.0481. The van der Waals surface area contributed by atoms with Crippen LogP contribution in [0.5, 0.6) is 0 Å². The van der Waals surface area contributed by atoms with Crippen molar-refractivity contribution in [3.63, 3.8) is 0 Å². The molecule has 3 atom stereocenters. The van der Waals surface area contributed by atoms with Gasteiger partial charge in [-0.2, -0.15) is 0 Å². The van der Waals surface area contributed by atoms with E-state index in [-0.39, 0.29) is 24.1 Å². The Labute approximate surface area is 174 Å². The Bertz CT molecular complexity index is 849. The van der Waals surface area contributed by atoms with Gasteiger partial charge in [0.1, 0.15) is 0 Å². The van der Waals surface area contributed by atoms with E-state index in [0.717, 1.165) is 37.8 Å². The number of nitrogens with zero attached hydrogens (tertiary/aromatic N) is 2. The third-order valence-electron chi connectivity index (χ3n) is 6.60. The third-order valence-corrected chi connectivity index (χ3v) is 7.41. The van der Waals surface area contributed by atoms with E-state index >= 15 is 0 Å². The number of hydrogen-bond acceptors (Lipinski definition) is 4. The minimum Gasteiger partial charge on any atom is -0.376 e. The van der Waals surface area contributed by atoms with Gasteiger partial charge in [0.05, 0.1) is 25.3 Å². The molecule has 1 amide bonds.